The van der Waals surface area contributed by atoms with E-state index in [-0.39, 0.29) is 38.6 Å². The highest BCUT2D eigenvalue weighted by atomic mass is 16.4. The summed E-state index contributed by atoms with van der Waals surface area (Å²) in [6, 6.07) is -3.99. The van der Waals surface area contributed by atoms with E-state index in [2.05, 4.69) is 10.6 Å². The number of rotatable bonds is 26. The van der Waals surface area contributed by atoms with E-state index in [0.717, 1.165) is 20.8 Å². The van der Waals surface area contributed by atoms with Crippen LogP contribution in [0.2, 0.25) is 0 Å². The van der Waals surface area contributed by atoms with Gasteiger partial charge in [-0.25, -0.2) is 0 Å². The largest absolute Gasteiger partial charge is 0.480 e. The molecule has 14 N–H and O–H groups in total. The fraction of sp³-hybridized carbons (Fsp3) is 0.588. The Labute approximate surface area is 332 Å². The van der Waals surface area contributed by atoms with Crippen LogP contribution in [-0.4, -0.2) is 140 Å². The topological polar surface area (TPSA) is 448 Å². The Bertz CT molecular complexity index is 1510. The molecule has 0 saturated carbocycles. The maximum absolute atomic E-state index is 11.0. The Hall–Kier alpha value is -5.98. The minimum Gasteiger partial charge on any atom is -0.480 e. The zero-order valence-corrected chi connectivity index (χ0v) is 32.6. The number of aliphatic carboxylic acids is 4. The molecule has 4 atom stereocenters. The number of carboxylic acids is 4. The average Bonchev–Trinajstić information content (AvgIpc) is 3.14. The Kier molecular flexibility index (Phi) is 33.6. The second kappa shape index (κ2) is 33.2. The monoisotopic (exact) mass is 834 g/mol. The predicted molar refractivity (Wildman–Crippen MR) is 197 cm³/mol. The van der Waals surface area contributed by atoms with Crippen molar-refractivity contribution in [2.75, 3.05) is 13.1 Å². The Morgan fingerprint density at radius 1 is 0.397 bits per heavy atom. The lowest BCUT2D eigenvalue weighted by Crippen LogP contribution is -2.37. The number of ketones is 8. The number of Topliss-reactive ketones (excluding diaryl/α,β-unsaturated/α-hetero) is 8. The van der Waals surface area contributed by atoms with E-state index in [1.54, 1.807) is 0 Å². The summed E-state index contributed by atoms with van der Waals surface area (Å²) in [5.74, 6) is -12.3. The molecule has 0 fully saturated rings. The van der Waals surface area contributed by atoms with Gasteiger partial charge in [0, 0.05) is 53.6 Å². The van der Waals surface area contributed by atoms with Crippen molar-refractivity contribution in [1.82, 2.24) is 10.6 Å². The summed E-state index contributed by atoms with van der Waals surface area (Å²) in [5.41, 5.74) is 20.7. The van der Waals surface area contributed by atoms with Crippen molar-refractivity contribution in [3.63, 3.8) is 0 Å². The van der Waals surface area contributed by atoms with E-state index in [4.69, 9.17) is 43.4 Å². The van der Waals surface area contributed by atoms with Gasteiger partial charge in [0.15, 0.2) is 0 Å². The fourth-order valence-corrected chi connectivity index (χ4v) is 3.33. The summed E-state index contributed by atoms with van der Waals surface area (Å²) < 4.78 is 0. The maximum atomic E-state index is 11.0. The third-order valence-corrected chi connectivity index (χ3v) is 6.87. The van der Waals surface area contributed by atoms with Crippen LogP contribution in [0.25, 0.3) is 0 Å². The number of hydrogen-bond acceptors (Lipinski definition) is 18. The number of carbonyl (C=O) groups is 14. The first-order chi connectivity index (χ1) is 26.6. The van der Waals surface area contributed by atoms with E-state index in [9.17, 15) is 67.1 Å². The van der Waals surface area contributed by atoms with Crippen LogP contribution in [0, 0.1) is 0 Å². The van der Waals surface area contributed by atoms with Crippen LogP contribution in [0.3, 0.4) is 0 Å². The third kappa shape index (κ3) is 33.4. The van der Waals surface area contributed by atoms with Gasteiger partial charge in [0.25, 0.3) is 23.4 Å². The second-order valence-electron chi connectivity index (χ2n) is 12.1. The first-order valence-electron chi connectivity index (χ1n) is 17.3. The molecule has 0 radical (unpaired) electrons. The molecule has 0 aliphatic heterocycles. The van der Waals surface area contributed by atoms with Gasteiger partial charge in [-0.15, -0.1) is 0 Å². The highest BCUT2D eigenvalue weighted by molar-refractivity contribution is 6.63. The average molecular weight is 835 g/mol. The number of amides is 2. The summed E-state index contributed by atoms with van der Waals surface area (Å²) in [7, 11) is 0. The van der Waals surface area contributed by atoms with Crippen LogP contribution in [0.4, 0.5) is 0 Å². The molecule has 24 heteroatoms. The molecule has 0 rings (SSSR count). The van der Waals surface area contributed by atoms with E-state index in [0.29, 0.717) is 38.6 Å². The fourth-order valence-electron chi connectivity index (χ4n) is 3.33. The van der Waals surface area contributed by atoms with Crippen molar-refractivity contribution in [3.05, 3.63) is 0 Å². The Balaban J connectivity index is -0.000000336. The molecule has 0 aromatic carbocycles. The van der Waals surface area contributed by atoms with E-state index < -0.39 is 106 Å². The van der Waals surface area contributed by atoms with Crippen LogP contribution < -0.4 is 33.6 Å². The molecule has 328 valence electrons. The van der Waals surface area contributed by atoms with Crippen LogP contribution in [0.5, 0.6) is 0 Å². The third-order valence-electron chi connectivity index (χ3n) is 6.87. The van der Waals surface area contributed by atoms with Crippen molar-refractivity contribution in [2.45, 2.75) is 116 Å². The lowest BCUT2D eigenvalue weighted by atomic mass is 10.0. The van der Waals surface area contributed by atoms with Gasteiger partial charge in [-0.2, -0.15) is 0 Å². The van der Waals surface area contributed by atoms with Crippen LogP contribution in [0.15, 0.2) is 0 Å². The molecule has 0 aliphatic rings. The zero-order chi connectivity index (χ0) is 46.3. The van der Waals surface area contributed by atoms with E-state index in [1.165, 1.54) is 6.92 Å². The lowest BCUT2D eigenvalue weighted by molar-refractivity contribution is -0.143. The first kappa shape index (κ1) is 58.7. The summed E-state index contributed by atoms with van der Waals surface area (Å²) in [5, 5.41) is 38.3. The Morgan fingerprint density at radius 2 is 0.707 bits per heavy atom. The first-order valence-corrected chi connectivity index (χ1v) is 17.3. The van der Waals surface area contributed by atoms with Crippen molar-refractivity contribution in [3.8, 4) is 0 Å². The maximum Gasteiger partial charge on any atom is 0.320 e. The van der Waals surface area contributed by atoms with Gasteiger partial charge in [0.05, 0.1) is 0 Å². The molecule has 0 aromatic rings. The van der Waals surface area contributed by atoms with Gasteiger partial charge < -0.3 is 54.0 Å². The number of unbranched alkanes of at least 4 members (excludes halogenated alkanes) is 2. The zero-order valence-electron chi connectivity index (χ0n) is 32.6. The molecule has 24 nitrogen and oxygen atoms in total. The van der Waals surface area contributed by atoms with Crippen molar-refractivity contribution < 1.29 is 87.5 Å². The molecular formula is C34H54N6O18. The molecule has 0 bridgehead atoms. The van der Waals surface area contributed by atoms with Crippen LogP contribution >= 0.6 is 0 Å². The minimum absolute atomic E-state index is 0.0370. The van der Waals surface area contributed by atoms with Crippen LogP contribution in [-0.2, 0) is 67.1 Å². The summed E-state index contributed by atoms with van der Waals surface area (Å²) in [6.07, 6.45) is 2.23. The van der Waals surface area contributed by atoms with Gasteiger partial charge in [-0.1, -0.05) is 6.42 Å². The lowest BCUT2D eigenvalue weighted by Gasteiger charge is -2.06. The second-order valence-corrected chi connectivity index (χ2v) is 12.1. The van der Waals surface area contributed by atoms with Gasteiger partial charge in [-0.3, -0.25) is 67.1 Å². The highest BCUT2D eigenvalue weighted by Gasteiger charge is 2.21. The standard InChI is InChI=1S/C10H15NO5.C9H16N2O4.C8H11NO5.C7H12N2O4/c1-6(12)9(14)8(13)5-3-2-4-7(11)10(15)16;1-6(12)8(13)11-5-3-2-4-7(10)9(14)15;1-4(10)7(12)6(11)3-2-5(9)8(13)14;1-4(10)6(11)9-3-2-5(8)7(12)13/h7H,2-5,11H2,1H3,(H,15,16);7H,2-5,10H2,1H3,(H,11,13)(H,14,15);5H,2-3,9H2,1H3,(H,13,14);5H,2-3,8H2,1H3,(H,9,11)(H,12,13). The Morgan fingerprint density at radius 3 is 1.05 bits per heavy atom. The van der Waals surface area contributed by atoms with Crippen molar-refractivity contribution in [1.29, 1.82) is 0 Å². The molecule has 0 aromatic heterocycles. The molecule has 0 saturated heterocycles. The molecule has 0 heterocycles. The quantitative estimate of drug-likeness (QED) is 0.0228. The van der Waals surface area contributed by atoms with Crippen molar-refractivity contribution in [2.24, 2.45) is 22.9 Å². The van der Waals surface area contributed by atoms with E-state index >= 15 is 0 Å². The molecule has 4 unspecified atom stereocenters. The van der Waals surface area contributed by atoms with Gasteiger partial charge >= 0.3 is 23.9 Å². The number of nitrogens with one attached hydrogen (secondary N) is 2. The summed E-state index contributed by atoms with van der Waals surface area (Å²) in [4.78, 5) is 148. The van der Waals surface area contributed by atoms with Gasteiger partial charge in [0.2, 0.25) is 34.7 Å². The number of carboxylic acid groups (broad SMARTS) is 4. The number of hydrogen-bond donors (Lipinski definition) is 10. The SMILES string of the molecule is CC(=O)C(=O)C(=O)CCC(N)C(=O)O.CC(=O)C(=O)C(=O)CCCCC(N)C(=O)O.CC(=O)C(=O)NCCC(N)C(=O)O.CC(=O)C(=O)NCCCCC(N)C(=O)O. The number of nitrogens with two attached hydrogens (primary N) is 4. The molecule has 2 amide bonds. The number of carbonyl (C=O) groups excluding carboxylic acids is 10. The summed E-state index contributed by atoms with van der Waals surface area (Å²) in [6.45, 7) is 4.80. The minimum atomic E-state index is -1.24. The molecule has 58 heavy (non-hydrogen) atoms. The van der Waals surface area contributed by atoms with Crippen LogP contribution in [0.1, 0.15) is 91.9 Å². The molecule has 0 spiro atoms. The highest BCUT2D eigenvalue weighted by Crippen LogP contribution is 2.04. The predicted octanol–water partition coefficient (Wildman–Crippen LogP) is -3.64. The van der Waals surface area contributed by atoms with Gasteiger partial charge in [0.1, 0.15) is 24.2 Å². The van der Waals surface area contributed by atoms with E-state index in [1.807, 2.05) is 0 Å². The van der Waals surface area contributed by atoms with Crippen molar-refractivity contribution >= 4 is 82.0 Å². The smallest absolute Gasteiger partial charge is 0.320 e. The van der Waals surface area contributed by atoms with Gasteiger partial charge in [-0.05, 0) is 44.9 Å². The molecule has 0 aliphatic carbocycles. The molecular weight excluding hydrogens is 780 g/mol. The normalized spacial score (nSPS) is 11.9. The summed E-state index contributed by atoms with van der Waals surface area (Å²) >= 11 is 0.